The number of rotatable bonds is 8. The Morgan fingerprint density at radius 3 is 1.97 bits per heavy atom. The van der Waals surface area contributed by atoms with Gasteiger partial charge >= 0.3 is 0 Å². The van der Waals surface area contributed by atoms with Gasteiger partial charge in [-0.25, -0.2) is 0 Å². The monoisotopic (exact) mass is 388 g/mol. The van der Waals surface area contributed by atoms with Gasteiger partial charge in [-0.3, -0.25) is 9.59 Å². The van der Waals surface area contributed by atoms with Gasteiger partial charge in [0, 0.05) is 18.7 Å². The number of benzene rings is 3. The maximum absolute atomic E-state index is 12.9. The van der Waals surface area contributed by atoms with Gasteiger partial charge in [0.15, 0.2) is 0 Å². The summed E-state index contributed by atoms with van der Waals surface area (Å²) in [5, 5.41) is 5.75. The Morgan fingerprint density at radius 2 is 1.38 bits per heavy atom. The third-order valence-electron chi connectivity index (χ3n) is 4.57. The Bertz CT molecular complexity index is 903. The standard InChI is InChI=1S/C24H24N2O3/c1-29-21-14-8-13-20(17-21)23(27)25-15-16-26-24(28)22(18-9-4-2-5-10-18)19-11-6-3-7-12-19/h2-14,17,22H,15-16H2,1H3,(H,25,27)(H,26,28). The van der Waals surface area contributed by atoms with E-state index in [1.807, 2.05) is 60.7 Å². The molecule has 0 atom stereocenters. The van der Waals surface area contributed by atoms with Gasteiger partial charge in [-0.1, -0.05) is 66.7 Å². The number of carbonyl (C=O) groups excluding carboxylic acids is 2. The van der Waals surface area contributed by atoms with Gasteiger partial charge in [-0.2, -0.15) is 0 Å². The van der Waals surface area contributed by atoms with Crippen LogP contribution in [0.15, 0.2) is 84.9 Å². The van der Waals surface area contributed by atoms with Gasteiger partial charge in [0.05, 0.1) is 13.0 Å². The largest absolute Gasteiger partial charge is 0.497 e. The van der Waals surface area contributed by atoms with E-state index < -0.39 is 5.92 Å². The first-order valence-corrected chi connectivity index (χ1v) is 9.49. The molecule has 0 fully saturated rings. The maximum atomic E-state index is 12.9. The number of nitrogens with one attached hydrogen (secondary N) is 2. The van der Waals surface area contributed by atoms with Gasteiger partial charge < -0.3 is 15.4 Å². The van der Waals surface area contributed by atoms with E-state index in [4.69, 9.17) is 4.74 Å². The van der Waals surface area contributed by atoms with Crippen LogP contribution in [0.2, 0.25) is 0 Å². The average molecular weight is 388 g/mol. The van der Waals surface area contributed by atoms with Crippen LogP contribution < -0.4 is 15.4 Å². The van der Waals surface area contributed by atoms with Crippen molar-refractivity contribution in [2.45, 2.75) is 5.92 Å². The van der Waals surface area contributed by atoms with Crippen LogP contribution in [-0.2, 0) is 4.79 Å². The smallest absolute Gasteiger partial charge is 0.251 e. The van der Waals surface area contributed by atoms with Crippen molar-refractivity contribution in [3.8, 4) is 5.75 Å². The molecule has 0 aliphatic rings. The molecule has 0 aromatic heterocycles. The van der Waals surface area contributed by atoms with Crippen molar-refractivity contribution in [2.75, 3.05) is 20.2 Å². The topological polar surface area (TPSA) is 67.4 Å². The SMILES string of the molecule is COc1cccc(C(=O)NCCNC(=O)C(c2ccccc2)c2ccccc2)c1. The minimum absolute atomic E-state index is 0.0990. The van der Waals surface area contributed by atoms with E-state index in [0.29, 0.717) is 24.4 Å². The van der Waals surface area contributed by atoms with Crippen molar-refractivity contribution in [2.24, 2.45) is 0 Å². The number of amides is 2. The van der Waals surface area contributed by atoms with E-state index in [1.54, 1.807) is 31.4 Å². The fraction of sp³-hybridized carbons (Fsp3) is 0.167. The van der Waals surface area contributed by atoms with Crippen molar-refractivity contribution in [3.63, 3.8) is 0 Å². The first kappa shape index (κ1) is 20.1. The second kappa shape index (κ2) is 10.1. The molecule has 29 heavy (non-hydrogen) atoms. The zero-order chi connectivity index (χ0) is 20.5. The Balaban J connectivity index is 1.58. The lowest BCUT2D eigenvalue weighted by atomic mass is 9.90. The number of hydrogen-bond acceptors (Lipinski definition) is 3. The number of ether oxygens (including phenoxy) is 1. The highest BCUT2D eigenvalue weighted by Crippen LogP contribution is 2.24. The molecule has 0 unspecified atom stereocenters. The van der Waals surface area contributed by atoms with E-state index >= 15 is 0 Å². The summed E-state index contributed by atoms with van der Waals surface area (Å²) in [6.07, 6.45) is 0. The van der Waals surface area contributed by atoms with Gasteiger partial charge in [-0.05, 0) is 29.3 Å². The van der Waals surface area contributed by atoms with Crippen LogP contribution in [0, 0.1) is 0 Å². The van der Waals surface area contributed by atoms with E-state index in [-0.39, 0.29) is 11.8 Å². The first-order valence-electron chi connectivity index (χ1n) is 9.49. The average Bonchev–Trinajstić information content (AvgIpc) is 2.78. The lowest BCUT2D eigenvalue weighted by molar-refractivity contribution is -0.121. The molecule has 148 valence electrons. The summed E-state index contributed by atoms with van der Waals surface area (Å²) in [6, 6.07) is 26.3. The minimum atomic E-state index is -0.397. The Labute approximate surface area is 170 Å². The molecule has 0 saturated heterocycles. The zero-order valence-corrected chi connectivity index (χ0v) is 16.3. The van der Waals surface area contributed by atoms with Crippen molar-refractivity contribution >= 4 is 11.8 Å². The van der Waals surface area contributed by atoms with Crippen molar-refractivity contribution in [3.05, 3.63) is 102 Å². The first-order chi connectivity index (χ1) is 14.2. The molecule has 0 bridgehead atoms. The minimum Gasteiger partial charge on any atom is -0.497 e. The molecule has 2 N–H and O–H groups in total. The van der Waals surface area contributed by atoms with E-state index in [9.17, 15) is 9.59 Å². The summed E-state index contributed by atoms with van der Waals surface area (Å²) in [4.78, 5) is 25.2. The molecule has 0 saturated carbocycles. The molecular formula is C24H24N2O3. The highest BCUT2D eigenvalue weighted by atomic mass is 16.5. The van der Waals surface area contributed by atoms with Crippen LogP contribution >= 0.6 is 0 Å². The third kappa shape index (κ3) is 5.45. The van der Waals surface area contributed by atoms with Crippen LogP contribution in [0.3, 0.4) is 0 Å². The third-order valence-corrected chi connectivity index (χ3v) is 4.57. The summed E-state index contributed by atoms with van der Waals surface area (Å²) in [6.45, 7) is 0.669. The Hall–Kier alpha value is -3.60. The molecule has 3 rings (SSSR count). The highest BCUT2D eigenvalue weighted by molar-refractivity contribution is 5.94. The van der Waals surface area contributed by atoms with Crippen molar-refractivity contribution < 1.29 is 14.3 Å². The number of hydrogen-bond donors (Lipinski definition) is 2. The van der Waals surface area contributed by atoms with E-state index in [0.717, 1.165) is 11.1 Å². The fourth-order valence-electron chi connectivity index (χ4n) is 3.12. The number of carbonyl (C=O) groups is 2. The second-order valence-electron chi connectivity index (χ2n) is 6.53. The maximum Gasteiger partial charge on any atom is 0.251 e. The summed E-state index contributed by atoms with van der Waals surface area (Å²) >= 11 is 0. The fourth-order valence-corrected chi connectivity index (χ4v) is 3.12. The Kier molecular flexibility index (Phi) is 7.00. The van der Waals surface area contributed by atoms with Gasteiger partial charge in [0.1, 0.15) is 5.75 Å². The molecule has 3 aromatic rings. The number of methoxy groups -OCH3 is 1. The van der Waals surface area contributed by atoms with Crippen LogP contribution in [-0.4, -0.2) is 32.0 Å². The van der Waals surface area contributed by atoms with Crippen molar-refractivity contribution in [1.29, 1.82) is 0 Å². The zero-order valence-electron chi connectivity index (χ0n) is 16.3. The summed E-state index contributed by atoms with van der Waals surface area (Å²) in [5.74, 6) is -0.0788. The lowest BCUT2D eigenvalue weighted by Gasteiger charge is -2.18. The molecule has 0 aliphatic heterocycles. The highest BCUT2D eigenvalue weighted by Gasteiger charge is 2.22. The molecule has 5 heteroatoms. The predicted molar refractivity (Wildman–Crippen MR) is 113 cm³/mol. The van der Waals surface area contributed by atoms with Crippen LogP contribution in [0.1, 0.15) is 27.4 Å². The molecule has 0 aliphatic carbocycles. The summed E-state index contributed by atoms with van der Waals surface area (Å²) in [5.41, 5.74) is 2.37. The van der Waals surface area contributed by atoms with Gasteiger partial charge in [0.2, 0.25) is 5.91 Å². The molecule has 3 aromatic carbocycles. The molecule has 0 radical (unpaired) electrons. The Morgan fingerprint density at radius 1 is 0.793 bits per heavy atom. The second-order valence-corrected chi connectivity index (χ2v) is 6.53. The van der Waals surface area contributed by atoms with Gasteiger partial charge in [0.25, 0.3) is 5.91 Å². The molecule has 2 amide bonds. The normalized spacial score (nSPS) is 10.4. The quantitative estimate of drug-likeness (QED) is 0.582. The van der Waals surface area contributed by atoms with Crippen LogP contribution in [0.25, 0.3) is 0 Å². The predicted octanol–water partition coefficient (Wildman–Crippen LogP) is 3.37. The van der Waals surface area contributed by atoms with E-state index in [2.05, 4.69) is 10.6 Å². The molecule has 0 spiro atoms. The summed E-state index contributed by atoms with van der Waals surface area (Å²) < 4.78 is 5.14. The van der Waals surface area contributed by atoms with Crippen molar-refractivity contribution in [1.82, 2.24) is 10.6 Å². The van der Waals surface area contributed by atoms with Crippen LogP contribution in [0.4, 0.5) is 0 Å². The van der Waals surface area contributed by atoms with Gasteiger partial charge in [-0.15, -0.1) is 0 Å². The lowest BCUT2D eigenvalue weighted by Crippen LogP contribution is -2.37. The van der Waals surface area contributed by atoms with E-state index in [1.165, 1.54) is 0 Å². The van der Waals surface area contributed by atoms with Crippen LogP contribution in [0.5, 0.6) is 5.75 Å². The summed E-state index contributed by atoms with van der Waals surface area (Å²) in [7, 11) is 1.56. The molecular weight excluding hydrogens is 364 g/mol. The molecule has 0 heterocycles. The molecule has 5 nitrogen and oxygen atoms in total.